The summed E-state index contributed by atoms with van der Waals surface area (Å²) < 4.78 is 0.906. The van der Waals surface area contributed by atoms with E-state index in [0.717, 1.165) is 10.2 Å². The predicted octanol–water partition coefficient (Wildman–Crippen LogP) is 2.62. The van der Waals surface area contributed by atoms with Crippen molar-refractivity contribution in [3.05, 3.63) is 27.7 Å². The lowest BCUT2D eigenvalue weighted by Gasteiger charge is -2.38. The highest BCUT2D eigenvalue weighted by Crippen LogP contribution is 2.30. The van der Waals surface area contributed by atoms with Crippen LogP contribution in [0.25, 0.3) is 0 Å². The largest absolute Gasteiger partial charge is 0.481 e. The van der Waals surface area contributed by atoms with Gasteiger partial charge in [-0.1, -0.05) is 27.5 Å². The number of hydrogen-bond donors (Lipinski definition) is 1. The van der Waals surface area contributed by atoms with Gasteiger partial charge in [0.05, 0.1) is 5.92 Å². The fraction of sp³-hybridized carbons (Fsp3) is 0.300. The molecule has 0 amide bonds. The number of carboxylic acid groups (broad SMARTS) is 1. The van der Waals surface area contributed by atoms with E-state index in [1.165, 1.54) is 0 Å². The highest BCUT2D eigenvalue weighted by molar-refractivity contribution is 9.10. The first-order chi connectivity index (χ1) is 7.06. The van der Waals surface area contributed by atoms with Gasteiger partial charge < -0.3 is 10.0 Å². The Morgan fingerprint density at radius 3 is 2.67 bits per heavy atom. The first kappa shape index (κ1) is 10.8. The van der Waals surface area contributed by atoms with E-state index in [9.17, 15) is 4.79 Å². The molecule has 0 aliphatic carbocycles. The Hall–Kier alpha value is -0.740. The molecule has 15 heavy (non-hydrogen) atoms. The molecule has 1 N–H and O–H groups in total. The predicted molar refractivity (Wildman–Crippen MR) is 62.5 cm³/mol. The maximum absolute atomic E-state index is 10.6. The van der Waals surface area contributed by atoms with Crippen LogP contribution in [-0.2, 0) is 4.79 Å². The molecule has 0 radical (unpaired) electrons. The van der Waals surface area contributed by atoms with E-state index in [1.54, 1.807) is 6.07 Å². The second-order valence-electron chi connectivity index (χ2n) is 3.57. The van der Waals surface area contributed by atoms with Crippen molar-refractivity contribution >= 4 is 39.2 Å². The van der Waals surface area contributed by atoms with E-state index < -0.39 is 5.97 Å². The molecule has 1 aromatic rings. The molecule has 0 unspecified atom stereocenters. The summed E-state index contributed by atoms with van der Waals surface area (Å²) in [6.45, 7) is 1.12. The second kappa shape index (κ2) is 4.02. The van der Waals surface area contributed by atoms with Gasteiger partial charge in [-0.25, -0.2) is 0 Å². The van der Waals surface area contributed by atoms with Crippen LogP contribution in [0.2, 0.25) is 5.02 Å². The highest BCUT2D eigenvalue weighted by Gasteiger charge is 2.32. The van der Waals surface area contributed by atoms with E-state index in [2.05, 4.69) is 15.9 Å². The van der Waals surface area contributed by atoms with Crippen LogP contribution in [-0.4, -0.2) is 24.2 Å². The van der Waals surface area contributed by atoms with E-state index in [-0.39, 0.29) is 5.92 Å². The molecular formula is C10H9BrClNO2. The number of rotatable bonds is 2. The Kier molecular flexibility index (Phi) is 2.89. The van der Waals surface area contributed by atoms with Crippen LogP contribution in [0.4, 0.5) is 5.69 Å². The van der Waals surface area contributed by atoms with Crippen molar-refractivity contribution < 1.29 is 9.90 Å². The minimum atomic E-state index is -0.729. The topological polar surface area (TPSA) is 40.5 Å². The van der Waals surface area contributed by atoms with Crippen molar-refractivity contribution in [3.8, 4) is 0 Å². The summed E-state index contributed by atoms with van der Waals surface area (Å²) in [7, 11) is 0. The van der Waals surface area contributed by atoms with Crippen molar-refractivity contribution in [2.24, 2.45) is 5.92 Å². The quantitative estimate of drug-likeness (QED) is 0.910. The SMILES string of the molecule is O=C(O)C1CN(c2cc(Cl)cc(Br)c2)C1. The molecule has 1 saturated heterocycles. The zero-order valence-electron chi connectivity index (χ0n) is 7.78. The third kappa shape index (κ3) is 2.26. The number of aliphatic carboxylic acids is 1. The van der Waals surface area contributed by atoms with Crippen LogP contribution in [0.15, 0.2) is 22.7 Å². The number of nitrogens with zero attached hydrogens (tertiary/aromatic N) is 1. The third-order valence-corrected chi connectivity index (χ3v) is 3.12. The molecule has 1 fully saturated rings. The lowest BCUT2D eigenvalue weighted by atomic mass is 10.00. The molecule has 1 aliphatic rings. The Morgan fingerprint density at radius 2 is 2.13 bits per heavy atom. The van der Waals surface area contributed by atoms with Crippen molar-refractivity contribution in [2.45, 2.75) is 0 Å². The Morgan fingerprint density at radius 1 is 1.47 bits per heavy atom. The molecule has 0 saturated carbocycles. The van der Waals surface area contributed by atoms with E-state index in [4.69, 9.17) is 16.7 Å². The Labute approximate surface area is 101 Å². The number of carbonyl (C=O) groups is 1. The lowest BCUT2D eigenvalue weighted by Crippen LogP contribution is -2.50. The average molecular weight is 291 g/mol. The van der Waals surface area contributed by atoms with Gasteiger partial charge >= 0.3 is 5.97 Å². The summed E-state index contributed by atoms with van der Waals surface area (Å²) in [6.07, 6.45) is 0. The summed E-state index contributed by atoms with van der Waals surface area (Å²) in [5, 5.41) is 9.40. The number of anilines is 1. The van der Waals surface area contributed by atoms with Crippen molar-refractivity contribution in [3.63, 3.8) is 0 Å². The molecular weight excluding hydrogens is 281 g/mol. The van der Waals surface area contributed by atoms with Crippen LogP contribution >= 0.6 is 27.5 Å². The van der Waals surface area contributed by atoms with Crippen LogP contribution in [0, 0.1) is 5.92 Å². The number of hydrogen-bond acceptors (Lipinski definition) is 2. The van der Waals surface area contributed by atoms with Gasteiger partial charge in [-0.05, 0) is 18.2 Å². The monoisotopic (exact) mass is 289 g/mol. The lowest BCUT2D eigenvalue weighted by molar-refractivity contribution is -0.142. The fourth-order valence-corrected chi connectivity index (χ4v) is 2.41. The molecule has 2 rings (SSSR count). The average Bonchev–Trinajstić information content (AvgIpc) is 1.97. The molecule has 1 heterocycles. The summed E-state index contributed by atoms with van der Waals surface area (Å²) in [5.74, 6) is -0.977. The second-order valence-corrected chi connectivity index (χ2v) is 4.92. The van der Waals surface area contributed by atoms with Gasteiger partial charge in [0.2, 0.25) is 0 Å². The maximum Gasteiger partial charge on any atom is 0.310 e. The minimum Gasteiger partial charge on any atom is -0.481 e. The molecule has 5 heteroatoms. The highest BCUT2D eigenvalue weighted by atomic mass is 79.9. The van der Waals surface area contributed by atoms with Gasteiger partial charge in [0.25, 0.3) is 0 Å². The Balaban J connectivity index is 2.10. The molecule has 1 aromatic carbocycles. The first-order valence-corrected chi connectivity index (χ1v) is 5.67. The van der Waals surface area contributed by atoms with E-state index in [1.807, 2.05) is 17.0 Å². The minimum absolute atomic E-state index is 0.247. The van der Waals surface area contributed by atoms with Crippen molar-refractivity contribution in [1.82, 2.24) is 0 Å². The summed E-state index contributed by atoms with van der Waals surface area (Å²) >= 11 is 9.25. The summed E-state index contributed by atoms with van der Waals surface area (Å²) in [6, 6.07) is 5.58. The van der Waals surface area contributed by atoms with Gasteiger partial charge in [-0.2, -0.15) is 0 Å². The number of benzene rings is 1. The molecule has 3 nitrogen and oxygen atoms in total. The van der Waals surface area contributed by atoms with Crippen LogP contribution < -0.4 is 4.90 Å². The van der Waals surface area contributed by atoms with Gasteiger partial charge in [0.1, 0.15) is 0 Å². The van der Waals surface area contributed by atoms with E-state index in [0.29, 0.717) is 18.1 Å². The third-order valence-electron chi connectivity index (χ3n) is 2.44. The maximum atomic E-state index is 10.6. The zero-order chi connectivity index (χ0) is 11.0. The van der Waals surface area contributed by atoms with Crippen molar-refractivity contribution in [1.29, 1.82) is 0 Å². The van der Waals surface area contributed by atoms with Crippen LogP contribution in [0.3, 0.4) is 0 Å². The van der Waals surface area contributed by atoms with Gasteiger partial charge in [-0.3, -0.25) is 4.79 Å². The fourth-order valence-electron chi connectivity index (χ4n) is 1.57. The molecule has 0 bridgehead atoms. The van der Waals surface area contributed by atoms with Gasteiger partial charge in [-0.15, -0.1) is 0 Å². The van der Waals surface area contributed by atoms with E-state index >= 15 is 0 Å². The van der Waals surface area contributed by atoms with Gasteiger partial charge in [0.15, 0.2) is 0 Å². The Bertz CT molecular complexity index is 384. The number of carboxylic acids is 1. The van der Waals surface area contributed by atoms with Crippen LogP contribution in [0.1, 0.15) is 0 Å². The molecule has 0 aromatic heterocycles. The summed E-state index contributed by atoms with van der Waals surface area (Å²) in [5.41, 5.74) is 0.965. The van der Waals surface area contributed by atoms with Crippen molar-refractivity contribution in [2.75, 3.05) is 18.0 Å². The number of halogens is 2. The zero-order valence-corrected chi connectivity index (χ0v) is 10.1. The van der Waals surface area contributed by atoms with Crippen LogP contribution in [0.5, 0.6) is 0 Å². The standard InChI is InChI=1S/C10H9BrClNO2/c11-7-1-8(12)3-9(2-7)13-4-6(5-13)10(14)15/h1-3,6H,4-5H2,(H,14,15). The molecule has 0 spiro atoms. The van der Waals surface area contributed by atoms with Gasteiger partial charge in [0, 0.05) is 28.3 Å². The smallest absolute Gasteiger partial charge is 0.310 e. The molecule has 1 aliphatic heterocycles. The summed E-state index contributed by atoms with van der Waals surface area (Å²) in [4.78, 5) is 12.6. The molecule has 80 valence electrons. The normalized spacial score (nSPS) is 16.3. The first-order valence-electron chi connectivity index (χ1n) is 4.50. The molecule has 0 atom stereocenters.